The summed E-state index contributed by atoms with van der Waals surface area (Å²) in [7, 11) is 1.94. The number of hydrogen-bond donors (Lipinski definition) is 3. The van der Waals surface area contributed by atoms with E-state index in [4.69, 9.17) is 0 Å². The number of fused-ring (bicyclic) bond motifs is 5. The molecule has 2 heterocycles. The fourth-order valence-corrected chi connectivity index (χ4v) is 3.06. The molecule has 3 nitrogen and oxygen atoms in total. The van der Waals surface area contributed by atoms with E-state index in [0.717, 1.165) is 11.2 Å². The summed E-state index contributed by atoms with van der Waals surface area (Å²) in [5, 5.41) is 5.69. The Bertz CT molecular complexity index is 957. The second kappa shape index (κ2) is 4.29. The van der Waals surface area contributed by atoms with Gasteiger partial charge in [0, 0.05) is 29.0 Å². The van der Waals surface area contributed by atoms with E-state index in [1.54, 1.807) is 0 Å². The molecular weight excluding hydrogens is 258 g/mol. The monoisotopic (exact) mass is 277 g/mol. The van der Waals surface area contributed by atoms with Crippen molar-refractivity contribution in [1.29, 1.82) is 0 Å². The molecule has 0 amide bonds. The summed E-state index contributed by atoms with van der Waals surface area (Å²) in [6.45, 7) is 4.45. The lowest BCUT2D eigenvalue weighted by atomic mass is 10.0. The number of H-pyrrole nitrogens is 2. The Balaban J connectivity index is 2.04. The van der Waals surface area contributed by atoms with Gasteiger partial charge in [0.15, 0.2) is 0 Å². The van der Waals surface area contributed by atoms with E-state index < -0.39 is 0 Å². The van der Waals surface area contributed by atoms with E-state index in [9.17, 15) is 0 Å². The first-order valence-corrected chi connectivity index (χ1v) is 7.42. The van der Waals surface area contributed by atoms with E-state index in [1.165, 1.54) is 32.9 Å². The summed E-state index contributed by atoms with van der Waals surface area (Å²) in [5.74, 6) is 0.547. The molecule has 3 heteroatoms. The third-order valence-electron chi connectivity index (χ3n) is 4.33. The van der Waals surface area contributed by atoms with Gasteiger partial charge in [0.2, 0.25) is 0 Å². The Morgan fingerprint density at radius 2 is 1.48 bits per heavy atom. The highest BCUT2D eigenvalue weighted by Gasteiger charge is 2.12. The van der Waals surface area contributed by atoms with E-state index >= 15 is 0 Å². The average molecular weight is 277 g/mol. The summed E-state index contributed by atoms with van der Waals surface area (Å²) < 4.78 is 0. The van der Waals surface area contributed by atoms with Gasteiger partial charge in [-0.25, -0.2) is 0 Å². The minimum atomic E-state index is 0.547. The van der Waals surface area contributed by atoms with Gasteiger partial charge in [0.05, 0.1) is 16.6 Å². The summed E-state index contributed by atoms with van der Waals surface area (Å²) in [6.07, 6.45) is 0. The Morgan fingerprint density at radius 1 is 0.857 bits per heavy atom. The van der Waals surface area contributed by atoms with Gasteiger partial charge in [0.1, 0.15) is 0 Å². The molecule has 3 N–H and O–H groups in total. The zero-order valence-corrected chi connectivity index (χ0v) is 12.5. The minimum Gasteiger partial charge on any atom is -0.388 e. The molecule has 0 aliphatic carbocycles. The predicted octanol–water partition coefficient (Wildman–Crippen LogP) is 4.97. The van der Waals surface area contributed by atoms with Crippen molar-refractivity contribution in [3.8, 4) is 0 Å². The largest absolute Gasteiger partial charge is 0.388 e. The van der Waals surface area contributed by atoms with Crippen LogP contribution in [0.5, 0.6) is 0 Å². The number of rotatable bonds is 2. The Hall–Kier alpha value is -2.42. The molecule has 2 aromatic heterocycles. The fourth-order valence-electron chi connectivity index (χ4n) is 3.06. The molecule has 4 rings (SSSR count). The molecule has 0 unspecified atom stereocenters. The molecule has 0 bridgehead atoms. The lowest BCUT2D eigenvalue weighted by molar-refractivity contribution is 0.868. The summed E-state index contributed by atoms with van der Waals surface area (Å²) in [6, 6.07) is 13.1. The van der Waals surface area contributed by atoms with Gasteiger partial charge >= 0.3 is 0 Å². The molecule has 0 radical (unpaired) electrons. The smallest absolute Gasteiger partial charge is 0.0725 e. The first kappa shape index (κ1) is 12.3. The van der Waals surface area contributed by atoms with Crippen LogP contribution in [0, 0.1) is 0 Å². The third-order valence-corrected chi connectivity index (χ3v) is 4.33. The molecule has 0 spiro atoms. The van der Waals surface area contributed by atoms with Crippen LogP contribution in [-0.2, 0) is 0 Å². The number of nitrogens with one attached hydrogen (secondary N) is 3. The molecule has 0 aliphatic heterocycles. The number of hydrogen-bond acceptors (Lipinski definition) is 1. The third kappa shape index (κ3) is 1.74. The topological polar surface area (TPSA) is 43.6 Å². The molecule has 0 saturated carbocycles. The first-order chi connectivity index (χ1) is 10.2. The summed E-state index contributed by atoms with van der Waals surface area (Å²) in [4.78, 5) is 7.14. The highest BCUT2D eigenvalue weighted by molar-refractivity contribution is 6.17. The highest BCUT2D eigenvalue weighted by atomic mass is 14.8. The second-order valence-electron chi connectivity index (χ2n) is 5.97. The van der Waals surface area contributed by atoms with Crippen LogP contribution in [0.3, 0.4) is 0 Å². The van der Waals surface area contributed by atoms with Crippen LogP contribution in [-0.4, -0.2) is 17.0 Å². The highest BCUT2D eigenvalue weighted by Crippen LogP contribution is 2.33. The van der Waals surface area contributed by atoms with Crippen molar-refractivity contribution < 1.29 is 0 Å². The fraction of sp³-hybridized carbons (Fsp3) is 0.222. The zero-order valence-electron chi connectivity index (χ0n) is 12.5. The lowest BCUT2D eigenvalue weighted by Gasteiger charge is -2.04. The normalized spacial score (nSPS) is 12.0. The number of benzene rings is 2. The molecule has 106 valence electrons. The maximum absolute atomic E-state index is 3.58. The SMILES string of the molecule is CNc1ccc2c(c1)[nH]c1c3ccc(C(C)C)cc3[nH]c21. The van der Waals surface area contributed by atoms with Crippen molar-refractivity contribution in [2.75, 3.05) is 12.4 Å². The molecule has 4 aromatic rings. The average Bonchev–Trinajstić information content (AvgIpc) is 3.01. The molecular formula is C18H19N3. The van der Waals surface area contributed by atoms with Gasteiger partial charge in [-0.15, -0.1) is 0 Å². The molecule has 0 fully saturated rings. The van der Waals surface area contributed by atoms with Crippen molar-refractivity contribution in [2.24, 2.45) is 0 Å². The summed E-state index contributed by atoms with van der Waals surface area (Å²) in [5.41, 5.74) is 7.26. The van der Waals surface area contributed by atoms with Crippen LogP contribution in [0.4, 0.5) is 5.69 Å². The van der Waals surface area contributed by atoms with Gasteiger partial charge < -0.3 is 15.3 Å². The molecule has 21 heavy (non-hydrogen) atoms. The Morgan fingerprint density at radius 3 is 2.10 bits per heavy atom. The van der Waals surface area contributed by atoms with Crippen molar-refractivity contribution in [3.63, 3.8) is 0 Å². The van der Waals surface area contributed by atoms with Crippen LogP contribution >= 0.6 is 0 Å². The molecule has 0 aliphatic rings. The van der Waals surface area contributed by atoms with Gasteiger partial charge in [0.25, 0.3) is 0 Å². The van der Waals surface area contributed by atoms with Crippen molar-refractivity contribution >= 4 is 38.5 Å². The van der Waals surface area contributed by atoms with E-state index in [1.807, 2.05) is 7.05 Å². The zero-order chi connectivity index (χ0) is 14.6. The van der Waals surface area contributed by atoms with E-state index in [2.05, 4.69) is 65.5 Å². The van der Waals surface area contributed by atoms with Crippen LogP contribution in [0.25, 0.3) is 32.8 Å². The maximum atomic E-state index is 3.58. The van der Waals surface area contributed by atoms with Crippen LogP contribution in [0.15, 0.2) is 36.4 Å². The van der Waals surface area contributed by atoms with Gasteiger partial charge in [-0.2, -0.15) is 0 Å². The quantitative estimate of drug-likeness (QED) is 0.476. The molecule has 0 atom stereocenters. The Kier molecular flexibility index (Phi) is 2.52. The molecule has 2 aromatic carbocycles. The van der Waals surface area contributed by atoms with Crippen LogP contribution in [0.2, 0.25) is 0 Å². The number of aromatic amines is 2. The second-order valence-corrected chi connectivity index (χ2v) is 5.97. The van der Waals surface area contributed by atoms with Gasteiger partial charge in [-0.05, 0) is 35.7 Å². The van der Waals surface area contributed by atoms with Gasteiger partial charge in [-0.1, -0.05) is 26.0 Å². The standard InChI is InChI=1S/C18H19N3/c1-10(2)11-4-6-13-15(8-11)20-18-14-7-5-12(19-3)9-16(14)21-17(13)18/h4-10,19-21H,1-3H3. The lowest BCUT2D eigenvalue weighted by Crippen LogP contribution is -1.87. The summed E-state index contributed by atoms with van der Waals surface area (Å²) >= 11 is 0. The van der Waals surface area contributed by atoms with Crippen molar-refractivity contribution in [1.82, 2.24) is 9.97 Å². The first-order valence-electron chi connectivity index (χ1n) is 7.42. The van der Waals surface area contributed by atoms with E-state index in [0.29, 0.717) is 5.92 Å². The van der Waals surface area contributed by atoms with Crippen LogP contribution in [0.1, 0.15) is 25.3 Å². The maximum Gasteiger partial charge on any atom is 0.0725 e. The van der Waals surface area contributed by atoms with Gasteiger partial charge in [-0.3, -0.25) is 0 Å². The molecule has 0 saturated heterocycles. The number of aromatic nitrogens is 2. The number of anilines is 1. The predicted molar refractivity (Wildman–Crippen MR) is 91.3 cm³/mol. The van der Waals surface area contributed by atoms with Crippen LogP contribution < -0.4 is 5.32 Å². The Labute approximate surface area is 123 Å². The van der Waals surface area contributed by atoms with Crippen molar-refractivity contribution in [2.45, 2.75) is 19.8 Å². The van der Waals surface area contributed by atoms with E-state index in [-0.39, 0.29) is 0 Å². The minimum absolute atomic E-state index is 0.547. The van der Waals surface area contributed by atoms with Crippen molar-refractivity contribution in [3.05, 3.63) is 42.0 Å².